The van der Waals surface area contributed by atoms with Crippen LogP contribution in [0.5, 0.6) is 5.75 Å². The van der Waals surface area contributed by atoms with Crippen LogP contribution in [0, 0.1) is 11.8 Å². The van der Waals surface area contributed by atoms with E-state index in [0.29, 0.717) is 5.75 Å². The number of fused-ring (bicyclic) bond motifs is 11. The number of carbonyl (C=O) groups excluding carboxylic acids is 3. The second kappa shape index (κ2) is 13.7. The second-order valence-electron chi connectivity index (χ2n) is 11.6. The Hall–Kier alpha value is -4.11. The van der Waals surface area contributed by atoms with Crippen molar-refractivity contribution in [2.24, 2.45) is 11.8 Å². The average Bonchev–Trinajstić information content (AvgIpc) is 3.37. The van der Waals surface area contributed by atoms with Crippen LogP contribution < -0.4 is 20.7 Å². The summed E-state index contributed by atoms with van der Waals surface area (Å²) >= 11 is 0. The van der Waals surface area contributed by atoms with Crippen LogP contribution in [-0.2, 0) is 20.8 Å². The number of hydrogen-bond acceptors (Lipinski definition) is 5. The number of benzene rings is 2. The normalized spacial score (nSPS) is 21.8. The van der Waals surface area contributed by atoms with E-state index in [1.165, 1.54) is 0 Å². The summed E-state index contributed by atoms with van der Waals surface area (Å²) in [7, 11) is 3.72. The number of rotatable bonds is 8. The van der Waals surface area contributed by atoms with Crippen molar-refractivity contribution in [2.75, 3.05) is 14.1 Å². The van der Waals surface area contributed by atoms with Gasteiger partial charge in [-0.3, -0.25) is 19.3 Å². The fourth-order valence-corrected chi connectivity index (χ4v) is 5.48. The van der Waals surface area contributed by atoms with Crippen LogP contribution in [0.4, 0.5) is 0 Å². The molecule has 3 amide bonds. The van der Waals surface area contributed by atoms with Gasteiger partial charge in [0.25, 0.3) is 0 Å². The molecule has 3 aromatic rings. The summed E-state index contributed by atoms with van der Waals surface area (Å²) in [5, 5.41) is 9.79. The van der Waals surface area contributed by atoms with Gasteiger partial charge < -0.3 is 25.7 Å². The van der Waals surface area contributed by atoms with Crippen LogP contribution >= 0.6 is 0 Å². The molecule has 2 aromatic carbocycles. The van der Waals surface area contributed by atoms with E-state index in [-0.39, 0.29) is 30.1 Å². The minimum Gasteiger partial charge on any atom is -0.487 e. The highest BCUT2D eigenvalue weighted by Crippen LogP contribution is 2.23. The number of hydrogen-bond donors (Lipinski definition) is 4. The highest BCUT2D eigenvalue weighted by Gasteiger charge is 2.38. The molecule has 2 bridgehead atoms. The molecular weight excluding hydrogens is 530 g/mol. The van der Waals surface area contributed by atoms with Crippen LogP contribution in [0.25, 0.3) is 17.0 Å². The Morgan fingerprint density at radius 2 is 1.74 bits per heavy atom. The van der Waals surface area contributed by atoms with E-state index in [1.807, 2.05) is 101 Å². The smallest absolute Gasteiger partial charge is 0.247 e. The lowest BCUT2D eigenvalue weighted by Crippen LogP contribution is -2.62. The van der Waals surface area contributed by atoms with Gasteiger partial charge in [0.2, 0.25) is 17.7 Å². The average molecular weight is 574 g/mol. The van der Waals surface area contributed by atoms with Crippen molar-refractivity contribution in [3.05, 3.63) is 72.1 Å². The van der Waals surface area contributed by atoms with E-state index in [1.54, 1.807) is 12.3 Å². The molecule has 0 saturated heterocycles. The minimum absolute atomic E-state index is 0.0553. The number of para-hydroxylation sites is 1. The first kappa shape index (κ1) is 30.8. The summed E-state index contributed by atoms with van der Waals surface area (Å²) in [5.41, 5.74) is 2.72. The lowest BCUT2D eigenvalue weighted by atomic mass is 9.94. The molecular formula is C33H43N5O4. The van der Waals surface area contributed by atoms with Crippen molar-refractivity contribution in [1.82, 2.24) is 25.8 Å². The number of aromatic amines is 1. The molecule has 4 N–H and O–H groups in total. The first-order valence-electron chi connectivity index (χ1n) is 14.6. The van der Waals surface area contributed by atoms with Crippen molar-refractivity contribution in [3.63, 3.8) is 0 Å². The molecule has 0 radical (unpaired) electrons. The zero-order valence-corrected chi connectivity index (χ0v) is 25.3. The molecule has 5 atom stereocenters. The Labute approximate surface area is 248 Å². The van der Waals surface area contributed by atoms with Crippen LogP contribution in [0.2, 0.25) is 0 Å². The van der Waals surface area contributed by atoms with E-state index < -0.39 is 30.1 Å². The van der Waals surface area contributed by atoms with E-state index >= 15 is 0 Å². The predicted molar refractivity (Wildman–Crippen MR) is 166 cm³/mol. The number of H-pyrrole nitrogens is 1. The highest BCUT2D eigenvalue weighted by molar-refractivity contribution is 5.94. The standard InChI is InChI=1S/C33H43N5O4/c1-7-21(4)29(38(5)6)33(41)37-28-30(20(2)3)42-24-14-12-22(13-15-24)16-17-34-31(39)27(36-32(28)40)18-23-19-35-26-11-9-8-10-25(23)26/h8-17,19-21,27-30,35H,7,18H2,1-6H3,(H,34,39)(H,36,40)(H,37,41)/b17-16-/t21-,27+,28+,29+,30-/m1/s1. The van der Waals surface area contributed by atoms with E-state index in [2.05, 4.69) is 20.9 Å². The van der Waals surface area contributed by atoms with Crippen molar-refractivity contribution >= 4 is 34.7 Å². The summed E-state index contributed by atoms with van der Waals surface area (Å²) in [6.45, 7) is 7.96. The molecule has 0 aliphatic carbocycles. The van der Waals surface area contributed by atoms with Gasteiger partial charge in [-0.1, -0.05) is 64.4 Å². The molecule has 2 aliphatic heterocycles. The van der Waals surface area contributed by atoms with Gasteiger partial charge in [-0.15, -0.1) is 0 Å². The van der Waals surface area contributed by atoms with Gasteiger partial charge in [0, 0.05) is 29.7 Å². The Kier molecular flexibility index (Phi) is 10.1. The molecule has 9 nitrogen and oxygen atoms in total. The molecule has 2 aliphatic rings. The number of ether oxygens (including phenoxy) is 1. The van der Waals surface area contributed by atoms with Gasteiger partial charge in [-0.25, -0.2) is 0 Å². The number of nitrogens with one attached hydrogen (secondary N) is 4. The Balaban J connectivity index is 1.73. The Bertz CT molecular complexity index is 1410. The van der Waals surface area contributed by atoms with Crippen LogP contribution in [0.15, 0.2) is 60.9 Å². The molecule has 1 aromatic heterocycles. The maximum absolute atomic E-state index is 14.1. The topological polar surface area (TPSA) is 116 Å². The fourth-order valence-electron chi connectivity index (χ4n) is 5.48. The fraction of sp³-hybridized carbons (Fsp3) is 0.424. The summed E-state index contributed by atoms with van der Waals surface area (Å²) in [5.74, 6) is -0.616. The zero-order chi connectivity index (χ0) is 30.4. The van der Waals surface area contributed by atoms with E-state index in [0.717, 1.165) is 28.5 Å². The van der Waals surface area contributed by atoms with Crippen molar-refractivity contribution in [2.45, 2.75) is 64.8 Å². The number of aromatic nitrogens is 1. The number of likely N-dealkylation sites (N-methyl/N-ethyl adjacent to an activating group) is 1. The minimum atomic E-state index is -1.06. The molecule has 0 spiro atoms. The lowest BCUT2D eigenvalue weighted by molar-refractivity contribution is -0.136. The van der Waals surface area contributed by atoms with Crippen LogP contribution in [0.3, 0.4) is 0 Å². The van der Waals surface area contributed by atoms with Crippen LogP contribution in [-0.4, -0.2) is 65.9 Å². The maximum atomic E-state index is 14.1. The van der Waals surface area contributed by atoms with Gasteiger partial charge in [-0.05, 0) is 61.3 Å². The molecule has 0 fully saturated rings. The SMILES string of the molecule is CC[C@@H](C)[C@@H](C(=O)N[C@@H]1C(=O)N[C@@H](Cc2c[nH]c3ccccc23)C(=O)N/C=C\c2ccc(cc2)O[C@@H]1C(C)C)N(C)C. The third-order valence-corrected chi connectivity index (χ3v) is 7.96. The summed E-state index contributed by atoms with van der Waals surface area (Å²) in [6.07, 6.45) is 5.57. The van der Waals surface area contributed by atoms with Gasteiger partial charge in [0.1, 0.15) is 23.9 Å². The second-order valence-corrected chi connectivity index (χ2v) is 11.6. The summed E-state index contributed by atoms with van der Waals surface area (Å²) in [6, 6.07) is 12.8. The zero-order valence-electron chi connectivity index (χ0n) is 25.3. The molecule has 0 unspecified atom stereocenters. The van der Waals surface area contributed by atoms with Crippen molar-refractivity contribution < 1.29 is 19.1 Å². The summed E-state index contributed by atoms with van der Waals surface area (Å²) in [4.78, 5) is 46.5. The molecule has 42 heavy (non-hydrogen) atoms. The Morgan fingerprint density at radius 3 is 2.40 bits per heavy atom. The van der Waals surface area contributed by atoms with Gasteiger partial charge in [0.05, 0.1) is 6.04 Å². The first-order valence-corrected chi connectivity index (χ1v) is 14.6. The third-order valence-electron chi connectivity index (χ3n) is 7.96. The molecule has 3 heterocycles. The number of nitrogens with zero attached hydrogens (tertiary/aromatic N) is 1. The lowest BCUT2D eigenvalue weighted by Gasteiger charge is -2.35. The largest absolute Gasteiger partial charge is 0.487 e. The highest BCUT2D eigenvalue weighted by atomic mass is 16.5. The number of amides is 3. The van der Waals surface area contributed by atoms with E-state index in [9.17, 15) is 14.4 Å². The maximum Gasteiger partial charge on any atom is 0.247 e. The molecule has 9 heteroatoms. The van der Waals surface area contributed by atoms with Crippen LogP contribution in [0.1, 0.15) is 45.2 Å². The first-order chi connectivity index (χ1) is 20.1. The van der Waals surface area contributed by atoms with Gasteiger partial charge in [0.15, 0.2) is 0 Å². The van der Waals surface area contributed by atoms with E-state index in [4.69, 9.17) is 4.74 Å². The van der Waals surface area contributed by atoms with Crippen molar-refractivity contribution in [3.8, 4) is 5.75 Å². The molecule has 0 saturated carbocycles. The third kappa shape index (κ3) is 7.20. The molecule has 5 rings (SSSR count). The molecule has 224 valence electrons. The number of carbonyl (C=O) groups is 3. The van der Waals surface area contributed by atoms with Gasteiger partial charge in [-0.2, -0.15) is 0 Å². The van der Waals surface area contributed by atoms with Crippen molar-refractivity contribution in [1.29, 1.82) is 0 Å². The monoisotopic (exact) mass is 573 g/mol. The summed E-state index contributed by atoms with van der Waals surface area (Å²) < 4.78 is 6.39. The van der Waals surface area contributed by atoms with Gasteiger partial charge >= 0.3 is 0 Å². The predicted octanol–water partition coefficient (Wildman–Crippen LogP) is 3.86. The Morgan fingerprint density at radius 1 is 1.02 bits per heavy atom. The quantitative estimate of drug-likeness (QED) is 0.327.